The van der Waals surface area contributed by atoms with Crippen LogP contribution in [0.3, 0.4) is 0 Å². The number of likely N-dealkylation sites (tertiary alicyclic amines) is 1. The van der Waals surface area contributed by atoms with Gasteiger partial charge in [-0.15, -0.1) is 0 Å². The van der Waals surface area contributed by atoms with Gasteiger partial charge >= 0.3 is 12.0 Å². The van der Waals surface area contributed by atoms with Crippen molar-refractivity contribution in [1.82, 2.24) is 10.2 Å². The molecule has 20 heavy (non-hydrogen) atoms. The third-order valence-electron chi connectivity index (χ3n) is 4.48. The topological polar surface area (TPSA) is 69.6 Å². The van der Waals surface area contributed by atoms with Crippen molar-refractivity contribution >= 4 is 12.0 Å². The summed E-state index contributed by atoms with van der Waals surface area (Å²) in [6.07, 6.45) is 6.03. The van der Waals surface area contributed by atoms with Crippen LogP contribution in [0.2, 0.25) is 0 Å². The Hall–Kier alpha value is -1.52. The van der Waals surface area contributed by atoms with E-state index >= 15 is 0 Å². The van der Waals surface area contributed by atoms with Crippen molar-refractivity contribution in [2.45, 2.75) is 39.2 Å². The van der Waals surface area contributed by atoms with Crippen LogP contribution in [0.4, 0.5) is 4.79 Å². The van der Waals surface area contributed by atoms with Crippen LogP contribution in [0.25, 0.3) is 0 Å². The van der Waals surface area contributed by atoms with Crippen molar-refractivity contribution in [2.75, 3.05) is 13.1 Å². The number of carboxylic acid groups (broad SMARTS) is 1. The molecule has 2 atom stereocenters. The van der Waals surface area contributed by atoms with Crippen molar-refractivity contribution in [2.24, 2.45) is 17.8 Å². The highest BCUT2D eigenvalue weighted by Crippen LogP contribution is 2.24. The largest absolute Gasteiger partial charge is 0.481 e. The molecule has 2 unspecified atom stereocenters. The number of aliphatic carboxylic acids is 1. The van der Waals surface area contributed by atoms with Gasteiger partial charge in [-0.2, -0.15) is 0 Å². The molecule has 0 saturated carbocycles. The maximum Gasteiger partial charge on any atom is 0.317 e. The van der Waals surface area contributed by atoms with E-state index in [1.165, 1.54) is 0 Å². The number of rotatable bonds is 3. The molecule has 0 aromatic carbocycles. The predicted molar refractivity (Wildman–Crippen MR) is 76.3 cm³/mol. The molecule has 1 heterocycles. The highest BCUT2D eigenvalue weighted by Gasteiger charge is 2.28. The summed E-state index contributed by atoms with van der Waals surface area (Å²) in [7, 11) is 0. The van der Waals surface area contributed by atoms with Crippen LogP contribution in [-0.4, -0.2) is 41.1 Å². The Labute approximate surface area is 120 Å². The zero-order chi connectivity index (χ0) is 14.7. The normalized spacial score (nSPS) is 27.1. The van der Waals surface area contributed by atoms with E-state index in [4.69, 9.17) is 5.11 Å². The van der Waals surface area contributed by atoms with Gasteiger partial charge in [-0.3, -0.25) is 4.79 Å². The Bertz CT molecular complexity index is 398. The predicted octanol–water partition coefficient (Wildman–Crippen LogP) is 2.09. The molecule has 2 aliphatic rings. The number of hydrogen-bond donors (Lipinski definition) is 2. The highest BCUT2D eigenvalue weighted by molar-refractivity contribution is 5.76. The maximum atomic E-state index is 12.1. The first-order valence-electron chi connectivity index (χ1n) is 7.44. The molecule has 1 saturated heterocycles. The summed E-state index contributed by atoms with van der Waals surface area (Å²) in [5, 5.41) is 11.8. The van der Waals surface area contributed by atoms with Crippen LogP contribution in [-0.2, 0) is 4.79 Å². The lowest BCUT2D eigenvalue weighted by Crippen LogP contribution is -2.47. The summed E-state index contributed by atoms with van der Waals surface area (Å²) in [5.74, 6) is 0.0962. The van der Waals surface area contributed by atoms with Crippen LogP contribution >= 0.6 is 0 Å². The van der Waals surface area contributed by atoms with Crippen molar-refractivity contribution in [1.29, 1.82) is 0 Å². The number of amides is 2. The van der Waals surface area contributed by atoms with Crippen LogP contribution in [0, 0.1) is 17.8 Å². The van der Waals surface area contributed by atoms with E-state index in [9.17, 15) is 9.59 Å². The van der Waals surface area contributed by atoms with Crippen LogP contribution in [0.1, 0.15) is 33.1 Å². The van der Waals surface area contributed by atoms with Gasteiger partial charge in [0.1, 0.15) is 0 Å². The molecule has 2 amide bonds. The van der Waals surface area contributed by atoms with Gasteiger partial charge in [0.15, 0.2) is 0 Å². The summed E-state index contributed by atoms with van der Waals surface area (Å²) >= 11 is 0. The molecule has 0 spiro atoms. The van der Waals surface area contributed by atoms with Gasteiger partial charge in [0.05, 0.1) is 12.0 Å². The third kappa shape index (κ3) is 3.52. The number of nitrogens with one attached hydrogen (secondary N) is 1. The quantitative estimate of drug-likeness (QED) is 0.778. The second kappa shape index (κ2) is 6.29. The zero-order valence-corrected chi connectivity index (χ0v) is 12.2. The average Bonchev–Trinajstić information content (AvgIpc) is 2.87. The van der Waals surface area contributed by atoms with Crippen LogP contribution in [0.15, 0.2) is 12.2 Å². The van der Waals surface area contributed by atoms with Crippen LogP contribution < -0.4 is 5.32 Å². The number of carboxylic acids is 1. The number of piperidine rings is 1. The van der Waals surface area contributed by atoms with Gasteiger partial charge in [0, 0.05) is 13.1 Å². The molecular weight excluding hydrogens is 256 g/mol. The van der Waals surface area contributed by atoms with E-state index in [1.807, 2.05) is 4.90 Å². The fourth-order valence-electron chi connectivity index (χ4n) is 3.01. The Kier molecular flexibility index (Phi) is 4.68. The smallest absolute Gasteiger partial charge is 0.317 e. The molecule has 0 radical (unpaired) electrons. The summed E-state index contributed by atoms with van der Waals surface area (Å²) in [6, 6.07) is -0.209. The second-order valence-corrected chi connectivity index (χ2v) is 6.19. The van der Waals surface area contributed by atoms with Gasteiger partial charge in [0.2, 0.25) is 0 Å². The molecule has 0 aromatic rings. The Morgan fingerprint density at radius 2 is 1.90 bits per heavy atom. The van der Waals surface area contributed by atoms with Crippen molar-refractivity contribution in [3.05, 3.63) is 12.2 Å². The minimum atomic E-state index is -0.823. The van der Waals surface area contributed by atoms with E-state index in [1.54, 1.807) is 12.2 Å². The number of carbonyl (C=O) groups is 2. The first-order chi connectivity index (χ1) is 9.47. The third-order valence-corrected chi connectivity index (χ3v) is 4.48. The Balaban J connectivity index is 1.77. The number of nitrogens with zero attached hydrogens (tertiary/aromatic N) is 1. The second-order valence-electron chi connectivity index (χ2n) is 6.19. The summed E-state index contributed by atoms with van der Waals surface area (Å²) in [5.41, 5.74) is 0. The van der Waals surface area contributed by atoms with E-state index in [0.717, 1.165) is 25.9 Å². The van der Waals surface area contributed by atoms with Crippen LogP contribution in [0.5, 0.6) is 0 Å². The molecule has 1 aliphatic heterocycles. The summed E-state index contributed by atoms with van der Waals surface area (Å²) < 4.78 is 0. The number of urea groups is 1. The molecule has 5 nitrogen and oxygen atoms in total. The summed E-state index contributed by atoms with van der Waals surface area (Å²) in [4.78, 5) is 24.8. The number of carbonyl (C=O) groups excluding carboxylic acids is 1. The standard InChI is InChI=1S/C15H24N2O3/c1-10(2)11-5-7-17(8-6-11)15(20)16-13-4-3-12(9-13)14(18)19/h3-4,10-13H,5-9H2,1-2H3,(H,16,20)(H,18,19). The minimum absolute atomic E-state index is 0.0621. The fraction of sp³-hybridized carbons (Fsp3) is 0.733. The van der Waals surface area contributed by atoms with E-state index < -0.39 is 11.9 Å². The number of hydrogen-bond acceptors (Lipinski definition) is 2. The average molecular weight is 280 g/mol. The first-order valence-corrected chi connectivity index (χ1v) is 7.44. The lowest BCUT2D eigenvalue weighted by Gasteiger charge is -2.34. The van der Waals surface area contributed by atoms with Crippen molar-refractivity contribution in [3.63, 3.8) is 0 Å². The molecule has 2 N–H and O–H groups in total. The Morgan fingerprint density at radius 3 is 2.40 bits per heavy atom. The minimum Gasteiger partial charge on any atom is -0.481 e. The van der Waals surface area contributed by atoms with Gasteiger partial charge in [-0.25, -0.2) is 4.79 Å². The lowest BCUT2D eigenvalue weighted by molar-refractivity contribution is -0.140. The van der Waals surface area contributed by atoms with E-state index in [-0.39, 0.29) is 12.1 Å². The summed E-state index contributed by atoms with van der Waals surface area (Å²) in [6.45, 7) is 6.06. The molecule has 1 fully saturated rings. The molecule has 112 valence electrons. The zero-order valence-electron chi connectivity index (χ0n) is 12.2. The molecule has 5 heteroatoms. The fourth-order valence-corrected chi connectivity index (χ4v) is 3.01. The maximum absolute atomic E-state index is 12.1. The molecule has 0 aromatic heterocycles. The first kappa shape index (κ1) is 14.9. The SMILES string of the molecule is CC(C)C1CCN(C(=O)NC2C=CC(C(=O)O)C2)CC1. The van der Waals surface area contributed by atoms with E-state index in [2.05, 4.69) is 19.2 Å². The van der Waals surface area contributed by atoms with Crippen molar-refractivity contribution < 1.29 is 14.7 Å². The molecule has 1 aliphatic carbocycles. The van der Waals surface area contributed by atoms with Gasteiger partial charge in [-0.05, 0) is 31.1 Å². The van der Waals surface area contributed by atoms with Crippen molar-refractivity contribution in [3.8, 4) is 0 Å². The molecular formula is C15H24N2O3. The molecule has 0 bridgehead atoms. The lowest BCUT2D eigenvalue weighted by atomic mass is 9.87. The molecule has 2 rings (SSSR count). The monoisotopic (exact) mass is 280 g/mol. The van der Waals surface area contributed by atoms with Gasteiger partial charge in [-0.1, -0.05) is 26.0 Å². The highest BCUT2D eigenvalue weighted by atomic mass is 16.4. The van der Waals surface area contributed by atoms with Gasteiger partial charge < -0.3 is 15.3 Å². The Morgan fingerprint density at radius 1 is 1.25 bits per heavy atom. The van der Waals surface area contributed by atoms with Gasteiger partial charge in [0.25, 0.3) is 0 Å². The van der Waals surface area contributed by atoms with E-state index in [0.29, 0.717) is 18.3 Å².